The second-order valence-corrected chi connectivity index (χ2v) is 7.97. The van der Waals surface area contributed by atoms with Crippen LogP contribution in [-0.2, 0) is 9.53 Å². The van der Waals surface area contributed by atoms with E-state index >= 15 is 0 Å². The van der Waals surface area contributed by atoms with Crippen LogP contribution >= 0.6 is 23.2 Å². The first-order valence-electron chi connectivity index (χ1n) is 9.27. The van der Waals surface area contributed by atoms with Gasteiger partial charge in [-0.15, -0.1) is 0 Å². The smallest absolute Gasteiger partial charge is 0.322 e. The third-order valence-corrected chi connectivity index (χ3v) is 6.24. The lowest BCUT2D eigenvalue weighted by Crippen LogP contribution is -2.45. The van der Waals surface area contributed by atoms with Crippen molar-refractivity contribution in [3.05, 3.63) is 45.1 Å². The van der Waals surface area contributed by atoms with Gasteiger partial charge in [0, 0.05) is 33.2 Å². The van der Waals surface area contributed by atoms with E-state index in [-0.39, 0.29) is 11.9 Å². The number of nitrogens with one attached hydrogen (secondary N) is 1. The minimum absolute atomic E-state index is 0.0498. The van der Waals surface area contributed by atoms with Gasteiger partial charge in [-0.3, -0.25) is 14.6 Å². The molecule has 1 saturated heterocycles. The topological polar surface area (TPSA) is 65.1 Å². The summed E-state index contributed by atoms with van der Waals surface area (Å²) < 4.78 is 5.37. The van der Waals surface area contributed by atoms with Crippen molar-refractivity contribution >= 4 is 35.1 Å². The predicted octanol–water partition coefficient (Wildman–Crippen LogP) is 2.12. The van der Waals surface area contributed by atoms with Crippen molar-refractivity contribution in [1.82, 2.24) is 20.0 Å². The van der Waals surface area contributed by atoms with Crippen molar-refractivity contribution in [3.63, 3.8) is 0 Å². The Bertz CT molecular complexity index is 838. The van der Waals surface area contributed by atoms with Crippen LogP contribution in [0.5, 0.6) is 0 Å². The maximum absolute atomic E-state index is 13.2. The van der Waals surface area contributed by atoms with Gasteiger partial charge >= 0.3 is 6.03 Å². The second kappa shape index (κ2) is 7.91. The molecule has 1 aromatic carbocycles. The predicted molar refractivity (Wildman–Crippen MR) is 106 cm³/mol. The highest BCUT2D eigenvalue weighted by molar-refractivity contribution is 6.42. The Morgan fingerprint density at radius 1 is 1.14 bits per heavy atom. The van der Waals surface area contributed by atoms with Gasteiger partial charge in [-0.1, -0.05) is 29.3 Å². The lowest BCUT2D eigenvalue weighted by Gasteiger charge is -2.31. The molecule has 1 atom stereocenters. The minimum atomic E-state index is -0.533. The van der Waals surface area contributed by atoms with Crippen LogP contribution in [-0.4, -0.2) is 79.6 Å². The number of carbonyl (C=O) groups excluding carboxylic acids is 2. The molecule has 3 aliphatic heterocycles. The van der Waals surface area contributed by atoms with E-state index in [1.807, 2.05) is 0 Å². The molecule has 7 nitrogen and oxygen atoms in total. The molecular formula is C19H22Cl2N4O3. The van der Waals surface area contributed by atoms with Gasteiger partial charge in [0.1, 0.15) is 0 Å². The van der Waals surface area contributed by atoms with Crippen molar-refractivity contribution in [2.75, 3.05) is 53.0 Å². The largest absolute Gasteiger partial charge is 0.379 e. The Kier molecular flexibility index (Phi) is 5.51. The standard InChI is InChI=1S/C19H22Cl2N4O3/c1-23-15-11-25(5-4-24-6-8-28-9-7-24)18(26)16(15)17(22-19(23)27)12-2-3-13(20)14(21)10-12/h2-3,10,17H,4-9,11H2,1H3,(H,22,27). The summed E-state index contributed by atoms with van der Waals surface area (Å²) in [7, 11) is 1.69. The fourth-order valence-electron chi connectivity index (χ4n) is 3.83. The normalized spacial score (nSPS) is 23.3. The molecule has 0 radical (unpaired) electrons. The monoisotopic (exact) mass is 424 g/mol. The van der Waals surface area contributed by atoms with Crippen molar-refractivity contribution in [2.45, 2.75) is 6.04 Å². The Labute approximate surface area is 173 Å². The fraction of sp³-hybridized carbons (Fsp3) is 0.474. The van der Waals surface area contributed by atoms with Gasteiger partial charge in [0.25, 0.3) is 5.91 Å². The molecule has 0 aromatic heterocycles. The summed E-state index contributed by atoms with van der Waals surface area (Å²) in [6, 6.07) is 4.40. The first-order chi connectivity index (χ1) is 13.5. The third-order valence-electron chi connectivity index (χ3n) is 5.50. The van der Waals surface area contributed by atoms with E-state index < -0.39 is 6.04 Å². The van der Waals surface area contributed by atoms with E-state index in [2.05, 4.69) is 10.2 Å². The van der Waals surface area contributed by atoms with E-state index in [0.717, 1.165) is 44.1 Å². The van der Waals surface area contributed by atoms with E-state index in [0.29, 0.717) is 28.7 Å². The SMILES string of the molecule is CN1C(=O)NC(c2ccc(Cl)c(Cl)c2)C2=C1CN(CCN1CCOCC1)C2=O. The Hall–Kier alpha value is -1.80. The van der Waals surface area contributed by atoms with Gasteiger partial charge in [0.2, 0.25) is 0 Å². The first-order valence-corrected chi connectivity index (χ1v) is 10.0. The summed E-state index contributed by atoms with van der Waals surface area (Å²) in [4.78, 5) is 31.3. The number of likely N-dealkylation sites (N-methyl/N-ethyl adjacent to an activating group) is 1. The summed E-state index contributed by atoms with van der Waals surface area (Å²) in [5.74, 6) is -0.0498. The zero-order chi connectivity index (χ0) is 19.8. The van der Waals surface area contributed by atoms with Crippen LogP contribution < -0.4 is 5.32 Å². The van der Waals surface area contributed by atoms with Gasteiger partial charge in [-0.25, -0.2) is 4.79 Å². The summed E-state index contributed by atoms with van der Waals surface area (Å²) in [6.45, 7) is 5.04. The molecule has 0 spiro atoms. The van der Waals surface area contributed by atoms with E-state index in [1.54, 1.807) is 30.1 Å². The van der Waals surface area contributed by atoms with Crippen LogP contribution in [0.15, 0.2) is 29.5 Å². The lowest BCUT2D eigenvalue weighted by atomic mass is 9.96. The number of halogens is 2. The maximum Gasteiger partial charge on any atom is 0.322 e. The molecule has 1 aromatic rings. The van der Waals surface area contributed by atoms with Crippen molar-refractivity contribution in [2.24, 2.45) is 0 Å². The number of ether oxygens (including phenoxy) is 1. The molecule has 1 fully saturated rings. The molecule has 150 valence electrons. The summed E-state index contributed by atoms with van der Waals surface area (Å²) >= 11 is 12.2. The summed E-state index contributed by atoms with van der Waals surface area (Å²) in [6.07, 6.45) is 0. The number of morpholine rings is 1. The van der Waals surface area contributed by atoms with Gasteiger partial charge in [0.15, 0.2) is 0 Å². The number of carbonyl (C=O) groups is 2. The van der Waals surface area contributed by atoms with Crippen LogP contribution in [0.1, 0.15) is 11.6 Å². The highest BCUT2D eigenvalue weighted by atomic mass is 35.5. The molecule has 0 aliphatic carbocycles. The quantitative estimate of drug-likeness (QED) is 0.803. The van der Waals surface area contributed by atoms with Crippen LogP contribution in [0.2, 0.25) is 10.0 Å². The zero-order valence-electron chi connectivity index (χ0n) is 15.6. The number of nitrogens with zero attached hydrogens (tertiary/aromatic N) is 3. The first kappa shape index (κ1) is 19.5. The molecule has 9 heteroatoms. The number of amides is 3. The summed E-state index contributed by atoms with van der Waals surface area (Å²) in [5, 5.41) is 3.74. The Morgan fingerprint density at radius 2 is 1.89 bits per heavy atom. The van der Waals surface area contributed by atoms with Crippen LogP contribution in [0.25, 0.3) is 0 Å². The number of hydrogen-bond acceptors (Lipinski definition) is 4. The molecule has 3 amide bonds. The molecule has 1 N–H and O–H groups in total. The molecule has 1 unspecified atom stereocenters. The van der Waals surface area contributed by atoms with E-state index in [1.165, 1.54) is 4.90 Å². The zero-order valence-corrected chi connectivity index (χ0v) is 17.1. The molecule has 28 heavy (non-hydrogen) atoms. The average molecular weight is 425 g/mol. The van der Waals surface area contributed by atoms with Gasteiger partial charge < -0.3 is 15.0 Å². The molecule has 3 aliphatic rings. The summed E-state index contributed by atoms with van der Waals surface area (Å²) in [5.41, 5.74) is 2.08. The van der Waals surface area contributed by atoms with Gasteiger partial charge in [-0.2, -0.15) is 0 Å². The molecular weight excluding hydrogens is 403 g/mol. The number of urea groups is 1. The van der Waals surface area contributed by atoms with Crippen molar-refractivity contribution in [1.29, 1.82) is 0 Å². The van der Waals surface area contributed by atoms with Gasteiger partial charge in [0.05, 0.1) is 47.1 Å². The number of hydrogen-bond donors (Lipinski definition) is 1. The van der Waals surface area contributed by atoms with E-state index in [9.17, 15) is 9.59 Å². The lowest BCUT2D eigenvalue weighted by molar-refractivity contribution is -0.126. The van der Waals surface area contributed by atoms with E-state index in [4.69, 9.17) is 27.9 Å². The van der Waals surface area contributed by atoms with Crippen LogP contribution in [0.3, 0.4) is 0 Å². The Balaban J connectivity index is 1.56. The highest BCUT2D eigenvalue weighted by Crippen LogP contribution is 2.37. The molecule has 4 rings (SSSR count). The maximum atomic E-state index is 13.2. The molecule has 0 bridgehead atoms. The van der Waals surface area contributed by atoms with Crippen LogP contribution in [0.4, 0.5) is 4.79 Å². The second-order valence-electron chi connectivity index (χ2n) is 7.16. The van der Waals surface area contributed by atoms with Crippen molar-refractivity contribution < 1.29 is 14.3 Å². The highest BCUT2D eigenvalue weighted by Gasteiger charge is 2.42. The van der Waals surface area contributed by atoms with Crippen molar-refractivity contribution in [3.8, 4) is 0 Å². The average Bonchev–Trinajstić information content (AvgIpc) is 3.03. The third kappa shape index (κ3) is 3.59. The van der Waals surface area contributed by atoms with Gasteiger partial charge in [-0.05, 0) is 17.7 Å². The molecule has 0 saturated carbocycles. The number of rotatable bonds is 4. The minimum Gasteiger partial charge on any atom is -0.379 e. The van der Waals surface area contributed by atoms with Crippen LogP contribution in [0, 0.1) is 0 Å². The molecule has 3 heterocycles. The number of benzene rings is 1. The fourth-order valence-corrected chi connectivity index (χ4v) is 4.14. The Morgan fingerprint density at radius 3 is 2.61 bits per heavy atom.